The van der Waals surface area contributed by atoms with Gasteiger partial charge in [-0.25, -0.2) is 4.98 Å². The van der Waals surface area contributed by atoms with E-state index in [-0.39, 0.29) is 0 Å². The number of rotatable bonds is 4. The third-order valence-corrected chi connectivity index (χ3v) is 2.68. The minimum absolute atomic E-state index is 0.456. The molecule has 1 aromatic carbocycles. The number of benzene rings is 1. The highest BCUT2D eigenvalue weighted by molar-refractivity contribution is 6.30. The first kappa shape index (κ1) is 11.2. The van der Waals surface area contributed by atoms with Crippen molar-refractivity contribution in [2.45, 2.75) is 19.4 Å². The molecule has 0 aliphatic heterocycles. The number of aromatic nitrogens is 2. The van der Waals surface area contributed by atoms with E-state index in [1.807, 2.05) is 24.4 Å². The first-order valence-electron chi connectivity index (χ1n) is 5.25. The van der Waals surface area contributed by atoms with Crippen molar-refractivity contribution in [3.8, 4) is 0 Å². The van der Waals surface area contributed by atoms with Crippen molar-refractivity contribution in [1.29, 1.82) is 0 Å². The maximum atomic E-state index is 5.92. The number of aryl methyl sites for hydroxylation is 2. The molecule has 16 heavy (non-hydrogen) atoms. The van der Waals surface area contributed by atoms with Crippen molar-refractivity contribution in [3.05, 3.63) is 52.6 Å². The van der Waals surface area contributed by atoms with Gasteiger partial charge in [0.25, 0.3) is 0 Å². The maximum absolute atomic E-state index is 5.92. The van der Waals surface area contributed by atoms with E-state index in [4.69, 9.17) is 17.3 Å². The predicted molar refractivity (Wildman–Crippen MR) is 65.3 cm³/mol. The van der Waals surface area contributed by atoms with Crippen LogP contribution in [0.2, 0.25) is 5.02 Å². The smallest absolute Gasteiger partial charge is 0.120 e. The molecule has 0 amide bonds. The molecule has 0 radical (unpaired) electrons. The first-order chi connectivity index (χ1) is 7.78. The molecule has 0 aliphatic carbocycles. The SMILES string of the molecule is NCc1ncc(CCc2cccc(Cl)c2)[nH]1. The fourth-order valence-corrected chi connectivity index (χ4v) is 1.82. The Balaban J connectivity index is 1.96. The second-order valence-corrected chi connectivity index (χ2v) is 4.13. The number of halogens is 1. The molecule has 2 rings (SSSR count). The third-order valence-electron chi connectivity index (χ3n) is 2.45. The largest absolute Gasteiger partial charge is 0.345 e. The Labute approximate surface area is 99.7 Å². The molecule has 0 atom stereocenters. The number of H-pyrrole nitrogens is 1. The van der Waals surface area contributed by atoms with Gasteiger partial charge in [0.1, 0.15) is 5.82 Å². The molecule has 1 heterocycles. The van der Waals surface area contributed by atoms with E-state index in [1.54, 1.807) is 0 Å². The number of imidazole rings is 1. The molecule has 1 aromatic heterocycles. The third kappa shape index (κ3) is 2.84. The molecule has 0 saturated carbocycles. The van der Waals surface area contributed by atoms with E-state index in [0.29, 0.717) is 6.54 Å². The summed E-state index contributed by atoms with van der Waals surface area (Å²) in [5.41, 5.74) is 7.82. The Morgan fingerprint density at radius 1 is 1.31 bits per heavy atom. The van der Waals surface area contributed by atoms with Crippen LogP contribution in [0.1, 0.15) is 17.1 Å². The van der Waals surface area contributed by atoms with Gasteiger partial charge >= 0.3 is 0 Å². The van der Waals surface area contributed by atoms with E-state index in [1.165, 1.54) is 5.56 Å². The highest BCUT2D eigenvalue weighted by Gasteiger charge is 2.00. The van der Waals surface area contributed by atoms with Crippen molar-refractivity contribution in [3.63, 3.8) is 0 Å². The van der Waals surface area contributed by atoms with Crippen LogP contribution in [-0.2, 0) is 19.4 Å². The monoisotopic (exact) mass is 235 g/mol. The van der Waals surface area contributed by atoms with Gasteiger partial charge in [-0.2, -0.15) is 0 Å². The average Bonchev–Trinajstić information content (AvgIpc) is 2.74. The molecule has 2 aromatic rings. The van der Waals surface area contributed by atoms with Gasteiger partial charge in [-0.3, -0.25) is 0 Å². The summed E-state index contributed by atoms with van der Waals surface area (Å²) in [5, 5.41) is 0.782. The number of nitrogens with two attached hydrogens (primary N) is 1. The molecule has 0 fully saturated rings. The van der Waals surface area contributed by atoms with Crippen molar-refractivity contribution in [1.82, 2.24) is 9.97 Å². The van der Waals surface area contributed by atoms with Gasteiger partial charge in [-0.1, -0.05) is 23.7 Å². The van der Waals surface area contributed by atoms with Gasteiger partial charge in [-0.15, -0.1) is 0 Å². The normalized spacial score (nSPS) is 10.6. The van der Waals surface area contributed by atoms with Gasteiger partial charge < -0.3 is 10.7 Å². The van der Waals surface area contributed by atoms with E-state index in [9.17, 15) is 0 Å². The van der Waals surface area contributed by atoms with Crippen LogP contribution in [-0.4, -0.2) is 9.97 Å². The molecule has 0 aliphatic rings. The molecule has 0 bridgehead atoms. The molecule has 0 unspecified atom stereocenters. The van der Waals surface area contributed by atoms with Crippen LogP contribution < -0.4 is 5.73 Å². The van der Waals surface area contributed by atoms with Crippen molar-refractivity contribution < 1.29 is 0 Å². The minimum atomic E-state index is 0.456. The molecule has 3 N–H and O–H groups in total. The van der Waals surface area contributed by atoms with E-state index in [2.05, 4.69) is 16.0 Å². The van der Waals surface area contributed by atoms with Crippen LogP contribution in [0, 0.1) is 0 Å². The Morgan fingerprint density at radius 3 is 2.88 bits per heavy atom. The fourth-order valence-electron chi connectivity index (χ4n) is 1.61. The van der Waals surface area contributed by atoms with E-state index in [0.717, 1.165) is 29.4 Å². The van der Waals surface area contributed by atoms with E-state index < -0.39 is 0 Å². The summed E-state index contributed by atoms with van der Waals surface area (Å²) in [6.07, 6.45) is 3.72. The number of nitrogens with zero attached hydrogens (tertiary/aromatic N) is 1. The Bertz CT molecular complexity index is 465. The minimum Gasteiger partial charge on any atom is -0.345 e. The standard InChI is InChI=1S/C12H14ClN3/c13-10-3-1-2-9(6-10)4-5-11-8-15-12(7-14)16-11/h1-3,6,8H,4-5,7,14H2,(H,15,16). The molecular weight excluding hydrogens is 222 g/mol. The van der Waals surface area contributed by atoms with Crippen LogP contribution in [0.15, 0.2) is 30.5 Å². The average molecular weight is 236 g/mol. The maximum Gasteiger partial charge on any atom is 0.120 e. The lowest BCUT2D eigenvalue weighted by Gasteiger charge is -2.00. The molecule has 3 nitrogen and oxygen atoms in total. The quantitative estimate of drug-likeness (QED) is 0.855. The summed E-state index contributed by atoms with van der Waals surface area (Å²) in [7, 11) is 0. The number of nitrogens with one attached hydrogen (secondary N) is 1. The highest BCUT2D eigenvalue weighted by atomic mass is 35.5. The molecule has 4 heteroatoms. The summed E-state index contributed by atoms with van der Waals surface area (Å²) in [6.45, 7) is 0.456. The van der Waals surface area contributed by atoms with Gasteiger partial charge in [0.05, 0.1) is 6.54 Å². The lowest BCUT2D eigenvalue weighted by atomic mass is 10.1. The zero-order chi connectivity index (χ0) is 11.4. The summed E-state index contributed by atoms with van der Waals surface area (Å²) in [4.78, 5) is 7.34. The van der Waals surface area contributed by atoms with Gasteiger partial charge in [0.15, 0.2) is 0 Å². The van der Waals surface area contributed by atoms with Crippen LogP contribution >= 0.6 is 11.6 Å². The molecule has 84 valence electrons. The van der Waals surface area contributed by atoms with Crippen molar-refractivity contribution in [2.24, 2.45) is 5.73 Å². The van der Waals surface area contributed by atoms with Gasteiger partial charge in [0.2, 0.25) is 0 Å². The van der Waals surface area contributed by atoms with Gasteiger partial charge in [0, 0.05) is 16.9 Å². The summed E-state index contributed by atoms with van der Waals surface area (Å²) >= 11 is 5.92. The zero-order valence-electron chi connectivity index (χ0n) is 8.91. The lowest BCUT2D eigenvalue weighted by molar-refractivity contribution is 0.895. The summed E-state index contributed by atoms with van der Waals surface area (Å²) in [6, 6.07) is 7.91. The molecular formula is C12H14ClN3. The second-order valence-electron chi connectivity index (χ2n) is 3.69. The van der Waals surface area contributed by atoms with Crippen LogP contribution in [0.4, 0.5) is 0 Å². The van der Waals surface area contributed by atoms with E-state index >= 15 is 0 Å². The number of hydrogen-bond donors (Lipinski definition) is 2. The summed E-state index contributed by atoms with van der Waals surface area (Å²) in [5.74, 6) is 0.834. The zero-order valence-corrected chi connectivity index (χ0v) is 9.67. The van der Waals surface area contributed by atoms with Crippen LogP contribution in [0.5, 0.6) is 0 Å². The second kappa shape index (κ2) is 5.14. The first-order valence-corrected chi connectivity index (χ1v) is 5.63. The molecule has 0 spiro atoms. The number of aromatic amines is 1. The predicted octanol–water partition coefficient (Wildman–Crippen LogP) is 2.31. The van der Waals surface area contributed by atoms with Crippen LogP contribution in [0.25, 0.3) is 0 Å². The Hall–Kier alpha value is -1.32. The van der Waals surface area contributed by atoms with Gasteiger partial charge in [-0.05, 0) is 30.5 Å². The summed E-state index contributed by atoms with van der Waals surface area (Å²) < 4.78 is 0. The highest BCUT2D eigenvalue weighted by Crippen LogP contribution is 2.12. The lowest BCUT2D eigenvalue weighted by Crippen LogP contribution is -1.98. The fraction of sp³-hybridized carbons (Fsp3) is 0.250. The Morgan fingerprint density at radius 2 is 2.19 bits per heavy atom. The Kier molecular flexibility index (Phi) is 3.59. The topological polar surface area (TPSA) is 54.7 Å². The van der Waals surface area contributed by atoms with Crippen molar-refractivity contribution in [2.75, 3.05) is 0 Å². The number of hydrogen-bond acceptors (Lipinski definition) is 2. The molecule has 0 saturated heterocycles. The van der Waals surface area contributed by atoms with Crippen molar-refractivity contribution >= 4 is 11.6 Å². The van der Waals surface area contributed by atoms with Crippen LogP contribution in [0.3, 0.4) is 0 Å².